The molecule has 0 fully saturated rings. The van der Waals surface area contributed by atoms with Crippen molar-refractivity contribution in [1.29, 1.82) is 0 Å². The third-order valence-electron chi connectivity index (χ3n) is 2.98. The van der Waals surface area contributed by atoms with E-state index in [0.717, 1.165) is 6.07 Å². The van der Waals surface area contributed by atoms with Crippen LogP contribution in [0.3, 0.4) is 0 Å². The monoisotopic (exact) mass is 256 g/mol. The molecule has 1 amide bonds. The molecule has 0 aromatic heterocycles. The second kappa shape index (κ2) is 4.92. The van der Waals surface area contributed by atoms with Crippen molar-refractivity contribution in [2.24, 2.45) is 5.41 Å². The third-order valence-corrected chi connectivity index (χ3v) is 2.98. The van der Waals surface area contributed by atoms with Gasteiger partial charge in [-0.25, -0.2) is 8.78 Å². The Kier molecular flexibility index (Phi) is 3.94. The molecule has 1 unspecified atom stereocenters. The summed E-state index contributed by atoms with van der Waals surface area (Å²) in [5.41, 5.74) is 4.68. The van der Waals surface area contributed by atoms with Crippen LogP contribution in [0.5, 0.6) is 0 Å². The summed E-state index contributed by atoms with van der Waals surface area (Å²) in [6, 6.07) is 1.47. The van der Waals surface area contributed by atoms with Crippen molar-refractivity contribution in [2.45, 2.75) is 33.7 Å². The zero-order valence-electron chi connectivity index (χ0n) is 11.0. The fourth-order valence-corrected chi connectivity index (χ4v) is 1.23. The number of nitrogens with one attached hydrogen (secondary N) is 1. The zero-order valence-corrected chi connectivity index (χ0v) is 11.0. The van der Waals surface area contributed by atoms with Gasteiger partial charge >= 0.3 is 0 Å². The van der Waals surface area contributed by atoms with Gasteiger partial charge in [-0.15, -0.1) is 0 Å². The predicted octanol–water partition coefficient (Wildman–Crippen LogP) is 2.71. The lowest BCUT2D eigenvalue weighted by Crippen LogP contribution is -2.41. The Balaban J connectivity index is 2.95. The summed E-state index contributed by atoms with van der Waals surface area (Å²) < 4.78 is 26.4. The molecule has 0 bridgehead atoms. The molecule has 0 spiro atoms. The van der Waals surface area contributed by atoms with Crippen LogP contribution in [0.25, 0.3) is 0 Å². The molecule has 0 saturated heterocycles. The summed E-state index contributed by atoms with van der Waals surface area (Å²) in [7, 11) is 0. The van der Waals surface area contributed by atoms with Gasteiger partial charge in [0.15, 0.2) is 0 Å². The van der Waals surface area contributed by atoms with Gasteiger partial charge in [0, 0.05) is 12.1 Å². The van der Waals surface area contributed by atoms with Crippen LogP contribution in [-0.2, 0) is 0 Å². The molecule has 1 aromatic rings. The Morgan fingerprint density at radius 3 is 2.33 bits per heavy atom. The number of anilines is 1. The van der Waals surface area contributed by atoms with E-state index >= 15 is 0 Å². The second-order valence-corrected chi connectivity index (χ2v) is 5.41. The summed E-state index contributed by atoms with van der Waals surface area (Å²) in [5, 5.41) is 2.67. The number of nitrogens with two attached hydrogens (primary N) is 1. The Morgan fingerprint density at radius 1 is 1.28 bits per heavy atom. The van der Waals surface area contributed by atoms with Crippen molar-refractivity contribution >= 4 is 11.6 Å². The van der Waals surface area contributed by atoms with E-state index in [1.54, 1.807) is 0 Å². The molecule has 1 atom stereocenters. The van der Waals surface area contributed by atoms with Crippen molar-refractivity contribution in [3.8, 4) is 0 Å². The molecule has 1 aromatic carbocycles. The Bertz CT molecular complexity index is 467. The minimum Gasteiger partial charge on any atom is -0.396 e. The molecule has 3 nitrogen and oxygen atoms in total. The lowest BCUT2D eigenvalue weighted by molar-refractivity contribution is 0.0906. The fraction of sp³-hybridized carbons (Fsp3) is 0.462. The van der Waals surface area contributed by atoms with Gasteiger partial charge in [-0.1, -0.05) is 20.8 Å². The van der Waals surface area contributed by atoms with Crippen LogP contribution in [0.15, 0.2) is 12.1 Å². The average Bonchev–Trinajstić information content (AvgIpc) is 2.21. The number of amides is 1. The van der Waals surface area contributed by atoms with E-state index in [1.807, 2.05) is 27.7 Å². The maximum Gasteiger partial charge on any atom is 0.254 e. The van der Waals surface area contributed by atoms with Gasteiger partial charge in [-0.3, -0.25) is 4.79 Å². The third kappa shape index (κ3) is 3.18. The number of benzene rings is 1. The smallest absolute Gasteiger partial charge is 0.254 e. The lowest BCUT2D eigenvalue weighted by atomic mass is 9.88. The van der Waals surface area contributed by atoms with Gasteiger partial charge in [-0.05, 0) is 18.4 Å². The largest absolute Gasteiger partial charge is 0.396 e. The van der Waals surface area contributed by atoms with Crippen LogP contribution in [0.1, 0.15) is 38.1 Å². The molecule has 0 saturated carbocycles. The molecule has 0 radical (unpaired) electrons. The van der Waals surface area contributed by atoms with Crippen LogP contribution >= 0.6 is 0 Å². The Hall–Kier alpha value is -1.65. The van der Waals surface area contributed by atoms with Crippen molar-refractivity contribution in [3.05, 3.63) is 29.3 Å². The van der Waals surface area contributed by atoms with Gasteiger partial charge < -0.3 is 11.1 Å². The normalized spacial score (nSPS) is 13.2. The summed E-state index contributed by atoms with van der Waals surface area (Å²) in [6.45, 7) is 7.68. The van der Waals surface area contributed by atoms with Crippen LogP contribution < -0.4 is 11.1 Å². The highest BCUT2D eigenvalue weighted by Gasteiger charge is 2.23. The fourth-order valence-electron chi connectivity index (χ4n) is 1.23. The molecule has 18 heavy (non-hydrogen) atoms. The highest BCUT2D eigenvalue weighted by atomic mass is 19.1. The molecular formula is C13H18F2N2O. The Morgan fingerprint density at radius 2 is 1.83 bits per heavy atom. The molecule has 0 aliphatic rings. The van der Waals surface area contributed by atoms with Crippen molar-refractivity contribution in [2.75, 3.05) is 5.73 Å². The van der Waals surface area contributed by atoms with E-state index in [1.165, 1.54) is 0 Å². The first-order valence-electron chi connectivity index (χ1n) is 5.68. The molecule has 3 N–H and O–H groups in total. The molecule has 100 valence electrons. The molecule has 0 aliphatic carbocycles. The second-order valence-electron chi connectivity index (χ2n) is 5.41. The molecule has 1 rings (SSSR count). The summed E-state index contributed by atoms with van der Waals surface area (Å²) in [4.78, 5) is 11.9. The molecule has 0 heterocycles. The number of carbonyl (C=O) groups excluding carboxylic acids is 1. The maximum absolute atomic E-state index is 13.5. The Labute approximate surface area is 105 Å². The number of nitrogen functional groups attached to an aromatic ring is 1. The van der Waals surface area contributed by atoms with Gasteiger partial charge in [0.05, 0.1) is 11.3 Å². The van der Waals surface area contributed by atoms with Crippen LogP contribution in [0.4, 0.5) is 14.5 Å². The van der Waals surface area contributed by atoms with Gasteiger partial charge in [0.2, 0.25) is 0 Å². The van der Waals surface area contributed by atoms with Crippen molar-refractivity contribution in [3.63, 3.8) is 0 Å². The standard InChI is InChI=1S/C13H18F2N2O/c1-7(13(2,3)4)17-12(18)8-5-11(16)10(15)6-9(8)14/h5-7H,16H2,1-4H3,(H,17,18). The predicted molar refractivity (Wildman–Crippen MR) is 67.2 cm³/mol. The van der Waals surface area contributed by atoms with Crippen molar-refractivity contribution < 1.29 is 13.6 Å². The summed E-state index contributed by atoms with van der Waals surface area (Å²) in [6.07, 6.45) is 0. The van der Waals surface area contributed by atoms with E-state index in [0.29, 0.717) is 6.07 Å². The quantitative estimate of drug-likeness (QED) is 0.799. The summed E-state index contributed by atoms with van der Waals surface area (Å²) >= 11 is 0. The molecule has 0 aliphatic heterocycles. The van der Waals surface area contributed by atoms with Gasteiger partial charge in [0.1, 0.15) is 11.6 Å². The summed E-state index contributed by atoms with van der Waals surface area (Å²) in [5.74, 6) is -2.38. The minimum absolute atomic E-state index is 0.155. The van der Waals surface area contributed by atoms with Crippen LogP contribution in [0, 0.1) is 17.0 Å². The maximum atomic E-state index is 13.5. The number of halogens is 2. The minimum atomic E-state index is -0.916. The van der Waals surface area contributed by atoms with Crippen LogP contribution in [-0.4, -0.2) is 11.9 Å². The van der Waals surface area contributed by atoms with Gasteiger partial charge in [0.25, 0.3) is 5.91 Å². The number of hydrogen-bond donors (Lipinski definition) is 2. The topological polar surface area (TPSA) is 55.1 Å². The number of rotatable bonds is 2. The van der Waals surface area contributed by atoms with E-state index in [-0.39, 0.29) is 22.7 Å². The number of carbonyl (C=O) groups is 1. The SMILES string of the molecule is CC(NC(=O)c1cc(N)c(F)cc1F)C(C)(C)C. The number of hydrogen-bond acceptors (Lipinski definition) is 2. The first kappa shape index (κ1) is 14.4. The molecule has 5 heteroatoms. The first-order chi connectivity index (χ1) is 8.12. The first-order valence-corrected chi connectivity index (χ1v) is 5.68. The van der Waals surface area contributed by atoms with E-state index in [9.17, 15) is 13.6 Å². The van der Waals surface area contributed by atoms with Crippen molar-refractivity contribution in [1.82, 2.24) is 5.32 Å². The van der Waals surface area contributed by atoms with E-state index in [4.69, 9.17) is 5.73 Å². The van der Waals surface area contributed by atoms with E-state index in [2.05, 4.69) is 5.32 Å². The lowest BCUT2D eigenvalue weighted by Gasteiger charge is -2.28. The highest BCUT2D eigenvalue weighted by Crippen LogP contribution is 2.20. The van der Waals surface area contributed by atoms with Gasteiger partial charge in [-0.2, -0.15) is 0 Å². The zero-order chi connectivity index (χ0) is 14.1. The van der Waals surface area contributed by atoms with Crippen LogP contribution in [0.2, 0.25) is 0 Å². The highest BCUT2D eigenvalue weighted by molar-refractivity contribution is 5.95. The molecular weight excluding hydrogens is 238 g/mol. The average molecular weight is 256 g/mol. The van der Waals surface area contributed by atoms with E-state index < -0.39 is 17.5 Å².